The van der Waals surface area contributed by atoms with Gasteiger partial charge in [0.15, 0.2) is 11.3 Å². The summed E-state index contributed by atoms with van der Waals surface area (Å²) in [6.45, 7) is 0. The van der Waals surface area contributed by atoms with Crippen molar-refractivity contribution in [1.82, 2.24) is 0 Å². The summed E-state index contributed by atoms with van der Waals surface area (Å²) in [6, 6.07) is 35.7. The maximum absolute atomic E-state index is 14.0. The van der Waals surface area contributed by atoms with Gasteiger partial charge in [-0.05, 0) is 47.4 Å². The second-order valence-corrected chi connectivity index (χ2v) is 8.62. The number of anilines is 1. The lowest BCUT2D eigenvalue weighted by molar-refractivity contribution is -0.123. The van der Waals surface area contributed by atoms with Crippen LogP contribution in [-0.2, 0) is 16.8 Å². The van der Waals surface area contributed by atoms with Gasteiger partial charge >= 0.3 is 0 Å². The normalized spacial score (nSPS) is 16.5. The molecule has 0 saturated heterocycles. The lowest BCUT2D eigenvalue weighted by Crippen LogP contribution is -2.37. The molecule has 5 rings (SSSR count). The Kier molecular flexibility index (Phi) is 5.98. The van der Waals surface area contributed by atoms with Gasteiger partial charge in [-0.2, -0.15) is 0 Å². The molecule has 3 N–H and O–H groups in total. The monoisotopic (exact) mass is 459 g/mol. The van der Waals surface area contributed by atoms with Gasteiger partial charge in [0.1, 0.15) is 5.84 Å². The number of hydrogen-bond donors (Lipinski definition) is 2. The molecule has 0 aliphatic carbocycles. The third-order valence-electron chi connectivity index (χ3n) is 6.37. The minimum absolute atomic E-state index is 0.0499. The van der Waals surface area contributed by atoms with Crippen LogP contribution in [0.5, 0.6) is 0 Å². The highest BCUT2D eigenvalue weighted by molar-refractivity contribution is 6.15. The minimum atomic E-state index is -1.17. The molecular formula is C30H25N3O2. The van der Waals surface area contributed by atoms with Gasteiger partial charge in [0, 0.05) is 11.3 Å². The number of carbonyl (C=O) groups is 2. The molecule has 1 heterocycles. The first-order valence-electron chi connectivity index (χ1n) is 11.5. The van der Waals surface area contributed by atoms with Gasteiger partial charge in [-0.3, -0.25) is 9.59 Å². The Morgan fingerprint density at radius 3 is 1.97 bits per heavy atom. The van der Waals surface area contributed by atoms with Gasteiger partial charge in [0.05, 0.1) is 5.92 Å². The van der Waals surface area contributed by atoms with E-state index in [1.165, 1.54) is 0 Å². The third kappa shape index (κ3) is 4.24. The van der Waals surface area contributed by atoms with E-state index in [1.54, 1.807) is 12.1 Å². The summed E-state index contributed by atoms with van der Waals surface area (Å²) in [6.07, 6.45) is 0.393. The summed E-state index contributed by atoms with van der Waals surface area (Å²) in [5.74, 6) is -0.490. The number of rotatable bonds is 6. The van der Waals surface area contributed by atoms with Crippen LogP contribution < -0.4 is 11.1 Å². The van der Waals surface area contributed by atoms with Crippen molar-refractivity contribution in [3.05, 3.63) is 138 Å². The SMILES string of the molecule is NC1=NC(c2ccccc2)(c2ccccc2)C(=O)C1Cc1cccc(NC(=O)c2ccccc2)c1. The molecule has 172 valence electrons. The Labute approximate surface area is 204 Å². The van der Waals surface area contributed by atoms with Crippen LogP contribution in [0.25, 0.3) is 0 Å². The number of nitrogens with two attached hydrogens (primary N) is 1. The molecule has 1 aliphatic heterocycles. The van der Waals surface area contributed by atoms with Crippen molar-refractivity contribution in [2.45, 2.75) is 12.0 Å². The van der Waals surface area contributed by atoms with Gasteiger partial charge in [0.2, 0.25) is 0 Å². The number of nitrogens with one attached hydrogen (secondary N) is 1. The van der Waals surface area contributed by atoms with Crippen LogP contribution >= 0.6 is 0 Å². The molecule has 1 aliphatic rings. The Morgan fingerprint density at radius 1 is 0.800 bits per heavy atom. The topological polar surface area (TPSA) is 84.5 Å². The van der Waals surface area contributed by atoms with E-state index >= 15 is 0 Å². The van der Waals surface area contributed by atoms with E-state index in [0.29, 0.717) is 23.5 Å². The van der Waals surface area contributed by atoms with E-state index in [4.69, 9.17) is 10.7 Å². The zero-order chi connectivity index (χ0) is 24.3. The number of amidine groups is 1. The molecule has 1 unspecified atom stereocenters. The molecule has 0 saturated carbocycles. The highest BCUT2D eigenvalue weighted by Crippen LogP contribution is 2.42. The Bertz CT molecular complexity index is 1340. The summed E-state index contributed by atoms with van der Waals surface area (Å²) in [5.41, 5.74) is 8.98. The van der Waals surface area contributed by atoms with Gasteiger partial charge < -0.3 is 11.1 Å². The Hall–Kier alpha value is -4.51. The van der Waals surface area contributed by atoms with Gasteiger partial charge in [-0.1, -0.05) is 91.0 Å². The quantitative estimate of drug-likeness (QED) is 0.426. The van der Waals surface area contributed by atoms with E-state index in [9.17, 15) is 9.59 Å². The van der Waals surface area contributed by atoms with Crippen LogP contribution in [-0.4, -0.2) is 17.5 Å². The van der Waals surface area contributed by atoms with E-state index < -0.39 is 11.5 Å². The van der Waals surface area contributed by atoms with Crippen LogP contribution in [0.1, 0.15) is 27.0 Å². The van der Waals surface area contributed by atoms with Crippen molar-refractivity contribution < 1.29 is 9.59 Å². The number of ketones is 1. The number of benzene rings is 4. The highest BCUT2D eigenvalue weighted by atomic mass is 16.1. The predicted molar refractivity (Wildman–Crippen MR) is 138 cm³/mol. The number of amides is 1. The molecule has 4 aromatic rings. The number of hydrogen-bond acceptors (Lipinski definition) is 4. The lowest BCUT2D eigenvalue weighted by atomic mass is 9.77. The molecule has 35 heavy (non-hydrogen) atoms. The van der Waals surface area contributed by atoms with Gasteiger partial charge in [0.25, 0.3) is 5.91 Å². The summed E-state index contributed by atoms with van der Waals surface area (Å²) in [7, 11) is 0. The van der Waals surface area contributed by atoms with E-state index in [1.807, 2.05) is 103 Å². The van der Waals surface area contributed by atoms with Crippen molar-refractivity contribution in [2.24, 2.45) is 16.6 Å². The first-order valence-corrected chi connectivity index (χ1v) is 11.5. The van der Waals surface area contributed by atoms with Crippen LogP contribution in [0.3, 0.4) is 0 Å². The fourth-order valence-corrected chi connectivity index (χ4v) is 4.65. The van der Waals surface area contributed by atoms with Crippen molar-refractivity contribution in [2.75, 3.05) is 5.32 Å². The standard InChI is InChI=1S/C30H25N3O2/c31-28-26(20-21-11-10-18-25(19-21)32-29(35)22-12-4-1-5-13-22)27(34)30(33-28,23-14-6-2-7-15-23)24-16-8-3-9-17-24/h1-19,26H,20H2,(H2,31,33)(H,32,35). The molecule has 0 radical (unpaired) electrons. The summed E-state index contributed by atoms with van der Waals surface area (Å²) in [5, 5.41) is 2.93. The van der Waals surface area contributed by atoms with Crippen molar-refractivity contribution in [3.63, 3.8) is 0 Å². The third-order valence-corrected chi connectivity index (χ3v) is 6.37. The van der Waals surface area contributed by atoms with E-state index in [0.717, 1.165) is 16.7 Å². The Morgan fingerprint density at radius 2 is 1.37 bits per heavy atom. The molecule has 1 amide bonds. The summed E-state index contributed by atoms with van der Waals surface area (Å²) in [4.78, 5) is 31.4. The Balaban J connectivity index is 1.43. The van der Waals surface area contributed by atoms with E-state index in [2.05, 4.69) is 5.32 Å². The van der Waals surface area contributed by atoms with Crippen molar-refractivity contribution in [1.29, 1.82) is 0 Å². The average molecular weight is 460 g/mol. The fraction of sp³-hybridized carbons (Fsp3) is 0.100. The van der Waals surface area contributed by atoms with Crippen LogP contribution in [0.4, 0.5) is 5.69 Å². The van der Waals surface area contributed by atoms with Crippen molar-refractivity contribution >= 4 is 23.2 Å². The first-order chi connectivity index (χ1) is 17.1. The first kappa shape index (κ1) is 22.3. The smallest absolute Gasteiger partial charge is 0.255 e. The van der Waals surface area contributed by atoms with Crippen LogP contribution in [0.15, 0.2) is 120 Å². The van der Waals surface area contributed by atoms with E-state index in [-0.39, 0.29) is 11.7 Å². The molecule has 0 aromatic heterocycles. The number of aliphatic imine (C=N–C) groups is 1. The zero-order valence-corrected chi connectivity index (χ0v) is 19.1. The van der Waals surface area contributed by atoms with Crippen molar-refractivity contribution in [3.8, 4) is 0 Å². The minimum Gasteiger partial charge on any atom is -0.387 e. The lowest BCUT2D eigenvalue weighted by Gasteiger charge is -2.27. The predicted octanol–water partition coefficient (Wildman–Crippen LogP) is 4.98. The average Bonchev–Trinajstić information content (AvgIpc) is 3.16. The van der Waals surface area contributed by atoms with Crippen LogP contribution in [0, 0.1) is 5.92 Å². The molecule has 4 aromatic carbocycles. The van der Waals surface area contributed by atoms with Crippen LogP contribution in [0.2, 0.25) is 0 Å². The largest absolute Gasteiger partial charge is 0.387 e. The zero-order valence-electron chi connectivity index (χ0n) is 19.1. The second kappa shape index (κ2) is 9.39. The second-order valence-electron chi connectivity index (χ2n) is 8.62. The number of nitrogens with zero attached hydrogens (tertiary/aromatic N) is 1. The number of carbonyl (C=O) groups excluding carboxylic acids is 2. The molecular weight excluding hydrogens is 434 g/mol. The summed E-state index contributed by atoms with van der Waals surface area (Å²) < 4.78 is 0. The molecule has 5 nitrogen and oxygen atoms in total. The molecule has 0 spiro atoms. The van der Waals surface area contributed by atoms with Gasteiger partial charge in [-0.15, -0.1) is 0 Å². The molecule has 1 atom stereocenters. The maximum Gasteiger partial charge on any atom is 0.255 e. The fourth-order valence-electron chi connectivity index (χ4n) is 4.65. The van der Waals surface area contributed by atoms with Gasteiger partial charge in [-0.25, -0.2) is 4.99 Å². The maximum atomic E-state index is 14.0. The molecule has 5 heteroatoms. The molecule has 0 fully saturated rings. The highest BCUT2D eigenvalue weighted by Gasteiger charge is 2.51. The summed E-state index contributed by atoms with van der Waals surface area (Å²) >= 11 is 0. The molecule has 0 bridgehead atoms. The number of Topliss-reactive ketones (excluding diaryl/α,β-unsaturated/α-hetero) is 1.